The predicted octanol–water partition coefficient (Wildman–Crippen LogP) is 5.19. The van der Waals surface area contributed by atoms with E-state index in [1.165, 1.54) is 5.56 Å². The molecule has 0 amide bonds. The highest BCUT2D eigenvalue weighted by Gasteiger charge is 2.12. The van der Waals surface area contributed by atoms with Crippen LogP contribution in [0.15, 0.2) is 46.9 Å². The lowest BCUT2D eigenvalue weighted by atomic mass is 9.95. The third-order valence-corrected chi connectivity index (χ3v) is 3.76. The molecule has 0 heterocycles. The highest BCUT2D eigenvalue weighted by atomic mass is 79.9. The molecule has 0 atom stereocenters. The maximum atomic E-state index is 12.6. The summed E-state index contributed by atoms with van der Waals surface area (Å²) in [6, 6.07) is 13.8. The minimum absolute atomic E-state index is 0.0978. The molecule has 0 aliphatic heterocycles. The van der Waals surface area contributed by atoms with E-state index in [1.54, 1.807) is 0 Å². The molecule has 0 fully saturated rings. The fourth-order valence-electron chi connectivity index (χ4n) is 2.35. The van der Waals surface area contributed by atoms with Crippen LogP contribution in [0.4, 0.5) is 0 Å². The summed E-state index contributed by atoms with van der Waals surface area (Å²) < 4.78 is 1.00. The van der Waals surface area contributed by atoms with Crippen molar-refractivity contribution in [1.82, 2.24) is 0 Å². The first-order valence-electron chi connectivity index (χ1n) is 6.87. The van der Waals surface area contributed by atoms with Gasteiger partial charge in [0, 0.05) is 15.6 Å². The average molecular weight is 331 g/mol. The molecule has 0 saturated heterocycles. The van der Waals surface area contributed by atoms with Gasteiger partial charge in [0.05, 0.1) is 0 Å². The Balaban J connectivity index is 2.33. The average Bonchev–Trinajstić information content (AvgIpc) is 2.37. The molecule has 0 aliphatic rings. The van der Waals surface area contributed by atoms with E-state index in [0.717, 1.165) is 27.6 Å². The molecule has 1 nitrogen and oxygen atoms in total. The molecule has 0 bridgehead atoms. The van der Waals surface area contributed by atoms with Gasteiger partial charge in [-0.25, -0.2) is 0 Å². The molecule has 0 aliphatic carbocycles. The monoisotopic (exact) mass is 330 g/mol. The lowest BCUT2D eigenvalue weighted by molar-refractivity contribution is 0.103. The maximum absolute atomic E-state index is 12.6. The van der Waals surface area contributed by atoms with Crippen LogP contribution < -0.4 is 0 Å². The molecule has 0 aromatic heterocycles. The van der Waals surface area contributed by atoms with E-state index in [9.17, 15) is 4.79 Å². The van der Waals surface area contributed by atoms with Crippen molar-refractivity contribution in [2.24, 2.45) is 5.92 Å². The van der Waals surface area contributed by atoms with Gasteiger partial charge < -0.3 is 0 Å². The van der Waals surface area contributed by atoms with Crippen molar-refractivity contribution < 1.29 is 4.79 Å². The zero-order valence-electron chi connectivity index (χ0n) is 12.1. The van der Waals surface area contributed by atoms with Crippen LogP contribution in [0.2, 0.25) is 0 Å². The summed E-state index contributed by atoms with van der Waals surface area (Å²) in [7, 11) is 0. The number of hydrogen-bond acceptors (Lipinski definition) is 1. The van der Waals surface area contributed by atoms with E-state index in [1.807, 2.05) is 43.3 Å². The summed E-state index contributed by atoms with van der Waals surface area (Å²) >= 11 is 3.43. The van der Waals surface area contributed by atoms with Gasteiger partial charge in [-0.3, -0.25) is 4.79 Å². The van der Waals surface area contributed by atoms with E-state index in [2.05, 4.69) is 35.8 Å². The second kappa shape index (κ2) is 6.36. The molecule has 2 heteroatoms. The Morgan fingerprint density at radius 2 is 1.90 bits per heavy atom. The van der Waals surface area contributed by atoms with Crippen molar-refractivity contribution in [3.63, 3.8) is 0 Å². The van der Waals surface area contributed by atoms with Gasteiger partial charge in [-0.1, -0.05) is 48.0 Å². The second-order valence-electron chi connectivity index (χ2n) is 5.59. The summed E-state index contributed by atoms with van der Waals surface area (Å²) in [5, 5.41) is 0. The van der Waals surface area contributed by atoms with Gasteiger partial charge in [-0.15, -0.1) is 0 Å². The Morgan fingerprint density at radius 1 is 1.15 bits per heavy atom. The minimum Gasteiger partial charge on any atom is -0.289 e. The zero-order valence-corrected chi connectivity index (χ0v) is 13.7. The Bertz CT molecular complexity index is 629. The maximum Gasteiger partial charge on any atom is 0.193 e. The molecular formula is C18H19BrO. The molecule has 0 spiro atoms. The number of hydrogen-bond donors (Lipinski definition) is 0. The highest BCUT2D eigenvalue weighted by molar-refractivity contribution is 9.10. The molecule has 2 rings (SSSR count). The number of ketones is 1. The molecular weight excluding hydrogens is 312 g/mol. The molecule has 0 N–H and O–H groups in total. The van der Waals surface area contributed by atoms with Gasteiger partial charge in [0.15, 0.2) is 5.78 Å². The summed E-state index contributed by atoms with van der Waals surface area (Å²) in [6.07, 6.45) is 1.00. The van der Waals surface area contributed by atoms with Gasteiger partial charge in [0.1, 0.15) is 0 Å². The van der Waals surface area contributed by atoms with Crippen molar-refractivity contribution in [1.29, 1.82) is 0 Å². The van der Waals surface area contributed by atoms with Gasteiger partial charge in [-0.05, 0) is 54.7 Å². The molecule has 2 aromatic carbocycles. The largest absolute Gasteiger partial charge is 0.289 e. The number of benzene rings is 2. The Labute approximate surface area is 129 Å². The van der Waals surface area contributed by atoms with Crippen molar-refractivity contribution in [2.45, 2.75) is 27.2 Å². The molecule has 20 heavy (non-hydrogen) atoms. The smallest absolute Gasteiger partial charge is 0.193 e. The van der Waals surface area contributed by atoms with E-state index < -0.39 is 0 Å². The lowest BCUT2D eigenvalue weighted by Crippen LogP contribution is -2.05. The van der Waals surface area contributed by atoms with Crippen LogP contribution in [0.1, 0.15) is 40.9 Å². The van der Waals surface area contributed by atoms with Gasteiger partial charge >= 0.3 is 0 Å². The molecule has 2 aromatic rings. The van der Waals surface area contributed by atoms with E-state index >= 15 is 0 Å². The predicted molar refractivity (Wildman–Crippen MR) is 87.3 cm³/mol. The minimum atomic E-state index is 0.0978. The number of carbonyl (C=O) groups excluding carboxylic acids is 1. The van der Waals surface area contributed by atoms with Crippen LogP contribution in [-0.4, -0.2) is 5.78 Å². The third-order valence-electron chi connectivity index (χ3n) is 3.27. The summed E-state index contributed by atoms with van der Waals surface area (Å²) in [4.78, 5) is 12.6. The first-order valence-corrected chi connectivity index (χ1v) is 7.66. The van der Waals surface area contributed by atoms with Crippen LogP contribution in [0.3, 0.4) is 0 Å². The van der Waals surface area contributed by atoms with Crippen LogP contribution in [0.5, 0.6) is 0 Å². The van der Waals surface area contributed by atoms with Crippen LogP contribution in [0.25, 0.3) is 0 Å². The van der Waals surface area contributed by atoms with E-state index in [-0.39, 0.29) is 5.78 Å². The van der Waals surface area contributed by atoms with Gasteiger partial charge in [0.2, 0.25) is 0 Å². The van der Waals surface area contributed by atoms with E-state index in [0.29, 0.717) is 5.92 Å². The van der Waals surface area contributed by atoms with E-state index in [4.69, 9.17) is 0 Å². The van der Waals surface area contributed by atoms with Crippen LogP contribution in [0, 0.1) is 12.8 Å². The van der Waals surface area contributed by atoms with Gasteiger partial charge in [-0.2, -0.15) is 0 Å². The van der Waals surface area contributed by atoms with Crippen molar-refractivity contribution in [2.75, 3.05) is 0 Å². The normalized spacial score (nSPS) is 10.8. The van der Waals surface area contributed by atoms with Crippen molar-refractivity contribution in [3.8, 4) is 0 Å². The van der Waals surface area contributed by atoms with Crippen LogP contribution >= 0.6 is 15.9 Å². The third kappa shape index (κ3) is 3.57. The fourth-order valence-corrected chi connectivity index (χ4v) is 2.82. The van der Waals surface area contributed by atoms with Crippen LogP contribution in [-0.2, 0) is 6.42 Å². The SMILES string of the molecule is Cc1cc(Br)ccc1C(=O)c1cccc(CC(C)C)c1. The van der Waals surface area contributed by atoms with Crippen molar-refractivity contribution in [3.05, 3.63) is 69.2 Å². The first kappa shape index (κ1) is 15.0. The fraction of sp³-hybridized carbons (Fsp3) is 0.278. The zero-order chi connectivity index (χ0) is 14.7. The summed E-state index contributed by atoms with van der Waals surface area (Å²) in [6.45, 7) is 6.34. The lowest BCUT2D eigenvalue weighted by Gasteiger charge is -2.09. The Morgan fingerprint density at radius 3 is 2.55 bits per heavy atom. The summed E-state index contributed by atoms with van der Waals surface area (Å²) in [5.74, 6) is 0.690. The topological polar surface area (TPSA) is 17.1 Å². The highest BCUT2D eigenvalue weighted by Crippen LogP contribution is 2.20. The number of carbonyl (C=O) groups is 1. The number of halogens is 1. The second-order valence-corrected chi connectivity index (χ2v) is 6.50. The summed E-state index contributed by atoms with van der Waals surface area (Å²) in [5.41, 5.74) is 3.77. The number of aryl methyl sites for hydroxylation is 1. The van der Waals surface area contributed by atoms with Gasteiger partial charge in [0.25, 0.3) is 0 Å². The molecule has 0 saturated carbocycles. The van der Waals surface area contributed by atoms with Crippen molar-refractivity contribution >= 4 is 21.7 Å². The molecule has 0 radical (unpaired) electrons. The number of rotatable bonds is 4. The molecule has 104 valence electrons. The first-order chi connectivity index (χ1) is 9.47. The molecule has 0 unspecified atom stereocenters. The standard InChI is InChI=1S/C18H19BrO/c1-12(2)9-14-5-4-6-15(11-14)18(20)17-8-7-16(19)10-13(17)3/h4-8,10-12H,9H2,1-3H3. The Kier molecular flexibility index (Phi) is 4.77. The Hall–Kier alpha value is -1.41. The quantitative estimate of drug-likeness (QED) is 0.705.